The number of carbonyl (C=O) groups is 1. The summed E-state index contributed by atoms with van der Waals surface area (Å²) in [6, 6.07) is 7.70. The van der Waals surface area contributed by atoms with Gasteiger partial charge in [-0.1, -0.05) is 26.0 Å². The van der Waals surface area contributed by atoms with Gasteiger partial charge in [0.1, 0.15) is 5.75 Å². The van der Waals surface area contributed by atoms with Crippen LogP contribution in [0.1, 0.15) is 25.8 Å². The molecule has 0 spiro atoms. The maximum Gasteiger partial charge on any atom is 0.259 e. The van der Waals surface area contributed by atoms with Crippen LogP contribution in [0.3, 0.4) is 0 Å². The first kappa shape index (κ1) is 23.5. The second-order valence-corrected chi connectivity index (χ2v) is 6.26. The lowest BCUT2D eigenvalue weighted by Crippen LogP contribution is -2.37. The van der Waals surface area contributed by atoms with Gasteiger partial charge in [0.15, 0.2) is 12.6 Å². The number of benzene rings is 1. The van der Waals surface area contributed by atoms with Crippen LogP contribution in [0.15, 0.2) is 29.3 Å². The molecule has 1 rings (SSSR count). The number of rotatable bonds is 8. The van der Waals surface area contributed by atoms with Crippen LogP contribution in [0.2, 0.25) is 0 Å². The second-order valence-electron chi connectivity index (χ2n) is 6.26. The topological polar surface area (TPSA) is 66.0 Å². The number of nitrogens with zero attached hydrogens (tertiary/aromatic N) is 2. The molecule has 0 aliphatic heterocycles. The van der Waals surface area contributed by atoms with Gasteiger partial charge in [-0.3, -0.25) is 9.79 Å². The molecule has 1 aromatic carbocycles. The molecule has 2 N–H and O–H groups in total. The molecule has 6 nitrogen and oxygen atoms in total. The fourth-order valence-corrected chi connectivity index (χ4v) is 1.91. The highest BCUT2D eigenvalue weighted by atomic mass is 127. The molecule has 0 aliphatic carbocycles. The number of aliphatic imine (C=N–C) groups is 1. The molecule has 0 radical (unpaired) electrons. The highest BCUT2D eigenvalue weighted by Gasteiger charge is 2.05. The van der Waals surface area contributed by atoms with Gasteiger partial charge in [0, 0.05) is 34.2 Å². The molecule has 0 unspecified atom stereocenters. The normalized spacial score (nSPS) is 10.9. The molecule has 25 heavy (non-hydrogen) atoms. The molecular formula is C18H31IN4O2. The molecule has 1 amide bonds. The molecule has 0 bridgehead atoms. The maximum atomic E-state index is 11.6. The average molecular weight is 462 g/mol. The van der Waals surface area contributed by atoms with E-state index >= 15 is 0 Å². The highest BCUT2D eigenvalue weighted by Crippen LogP contribution is 2.13. The molecule has 0 saturated carbocycles. The summed E-state index contributed by atoms with van der Waals surface area (Å²) in [5, 5.41) is 6.57. The van der Waals surface area contributed by atoms with E-state index in [1.807, 2.05) is 24.3 Å². The molecule has 0 aromatic heterocycles. The lowest BCUT2D eigenvalue weighted by Gasteiger charge is -2.14. The lowest BCUT2D eigenvalue weighted by atomic mass is 10.1. The summed E-state index contributed by atoms with van der Waals surface area (Å²) in [4.78, 5) is 17.3. The van der Waals surface area contributed by atoms with E-state index < -0.39 is 0 Å². The number of carbonyl (C=O) groups excluding carboxylic acids is 1. The number of nitrogens with one attached hydrogen (secondary N) is 2. The van der Waals surface area contributed by atoms with Crippen molar-refractivity contribution in [2.75, 3.05) is 34.3 Å². The SMILES string of the molecule is CN=C(NCCC(C)C)NCc1cccc(OCC(=O)N(C)C)c1.I. The van der Waals surface area contributed by atoms with Gasteiger partial charge in [-0.2, -0.15) is 0 Å². The third kappa shape index (κ3) is 10.2. The van der Waals surface area contributed by atoms with Crippen molar-refractivity contribution in [2.45, 2.75) is 26.8 Å². The standard InChI is InChI=1S/C18H30N4O2.HI/c1-14(2)9-10-20-18(19-3)21-12-15-7-6-8-16(11-15)24-13-17(23)22(4)5;/h6-8,11,14H,9-10,12-13H2,1-5H3,(H2,19,20,21);1H. The van der Waals surface area contributed by atoms with E-state index in [4.69, 9.17) is 4.74 Å². The van der Waals surface area contributed by atoms with E-state index in [1.54, 1.807) is 21.1 Å². The van der Waals surface area contributed by atoms with Gasteiger partial charge in [0.2, 0.25) is 0 Å². The van der Waals surface area contributed by atoms with E-state index in [2.05, 4.69) is 29.5 Å². The smallest absolute Gasteiger partial charge is 0.259 e. The predicted molar refractivity (Wildman–Crippen MR) is 114 cm³/mol. The van der Waals surface area contributed by atoms with Crippen molar-refractivity contribution in [3.8, 4) is 5.75 Å². The van der Waals surface area contributed by atoms with Crippen LogP contribution in [0.25, 0.3) is 0 Å². The monoisotopic (exact) mass is 462 g/mol. The zero-order valence-electron chi connectivity index (χ0n) is 15.8. The molecule has 0 heterocycles. The number of ether oxygens (including phenoxy) is 1. The van der Waals surface area contributed by atoms with Crippen LogP contribution in [0.4, 0.5) is 0 Å². The molecule has 0 fully saturated rings. The van der Waals surface area contributed by atoms with Crippen molar-refractivity contribution in [1.29, 1.82) is 0 Å². The van der Waals surface area contributed by atoms with Gasteiger partial charge in [-0.15, -0.1) is 24.0 Å². The minimum atomic E-state index is -0.0618. The minimum absolute atomic E-state index is 0. The Morgan fingerprint density at radius 2 is 2.00 bits per heavy atom. The number of amides is 1. The summed E-state index contributed by atoms with van der Waals surface area (Å²) in [5.41, 5.74) is 1.07. The number of likely N-dealkylation sites (N-methyl/N-ethyl adjacent to an activating group) is 1. The van der Waals surface area contributed by atoms with Crippen LogP contribution in [-0.2, 0) is 11.3 Å². The summed E-state index contributed by atoms with van der Waals surface area (Å²) < 4.78 is 5.53. The molecular weight excluding hydrogens is 431 g/mol. The quantitative estimate of drug-likeness (QED) is 0.354. The van der Waals surface area contributed by atoms with E-state index in [-0.39, 0.29) is 36.5 Å². The predicted octanol–water partition coefficient (Wildman–Crippen LogP) is 2.48. The Bertz CT molecular complexity index is 548. The number of halogens is 1. The largest absolute Gasteiger partial charge is 0.484 e. The van der Waals surface area contributed by atoms with Crippen molar-refractivity contribution in [1.82, 2.24) is 15.5 Å². The molecule has 0 aliphatic rings. The molecule has 7 heteroatoms. The first-order valence-corrected chi connectivity index (χ1v) is 8.28. The van der Waals surface area contributed by atoms with Gasteiger partial charge >= 0.3 is 0 Å². The number of guanidine groups is 1. The fraction of sp³-hybridized carbons (Fsp3) is 0.556. The van der Waals surface area contributed by atoms with E-state index in [1.165, 1.54) is 4.90 Å². The Hall–Kier alpha value is -1.51. The van der Waals surface area contributed by atoms with Gasteiger partial charge < -0.3 is 20.3 Å². The van der Waals surface area contributed by atoms with E-state index in [0.29, 0.717) is 18.2 Å². The zero-order chi connectivity index (χ0) is 17.9. The van der Waals surface area contributed by atoms with Gasteiger partial charge in [-0.05, 0) is 30.0 Å². The Morgan fingerprint density at radius 1 is 1.28 bits per heavy atom. The van der Waals surface area contributed by atoms with Crippen molar-refractivity contribution in [3.63, 3.8) is 0 Å². The van der Waals surface area contributed by atoms with Gasteiger partial charge in [0.25, 0.3) is 5.91 Å². The molecule has 1 aromatic rings. The van der Waals surface area contributed by atoms with E-state index in [9.17, 15) is 4.79 Å². The fourth-order valence-electron chi connectivity index (χ4n) is 1.91. The van der Waals surface area contributed by atoms with Crippen molar-refractivity contribution >= 4 is 35.8 Å². The van der Waals surface area contributed by atoms with Crippen LogP contribution >= 0.6 is 24.0 Å². The zero-order valence-corrected chi connectivity index (χ0v) is 18.2. The van der Waals surface area contributed by atoms with Gasteiger partial charge in [0.05, 0.1) is 0 Å². The third-order valence-electron chi connectivity index (χ3n) is 3.46. The molecule has 142 valence electrons. The number of hydrogen-bond donors (Lipinski definition) is 2. The van der Waals surface area contributed by atoms with Crippen LogP contribution in [0, 0.1) is 5.92 Å². The van der Waals surface area contributed by atoms with Crippen LogP contribution in [0.5, 0.6) is 5.75 Å². The van der Waals surface area contributed by atoms with Crippen LogP contribution in [-0.4, -0.2) is 51.1 Å². The Kier molecular flexibility index (Phi) is 12.0. The summed E-state index contributed by atoms with van der Waals surface area (Å²) >= 11 is 0. The number of hydrogen-bond acceptors (Lipinski definition) is 3. The Morgan fingerprint density at radius 3 is 2.60 bits per heavy atom. The third-order valence-corrected chi connectivity index (χ3v) is 3.46. The summed E-state index contributed by atoms with van der Waals surface area (Å²) in [6.45, 7) is 5.98. The second kappa shape index (κ2) is 12.8. The van der Waals surface area contributed by atoms with Crippen molar-refractivity contribution in [2.24, 2.45) is 10.9 Å². The minimum Gasteiger partial charge on any atom is -0.484 e. The van der Waals surface area contributed by atoms with Crippen molar-refractivity contribution in [3.05, 3.63) is 29.8 Å². The Labute approximate surface area is 168 Å². The highest BCUT2D eigenvalue weighted by molar-refractivity contribution is 14.0. The van der Waals surface area contributed by atoms with Crippen molar-refractivity contribution < 1.29 is 9.53 Å². The summed E-state index contributed by atoms with van der Waals surface area (Å²) in [6.07, 6.45) is 1.10. The first-order chi connectivity index (χ1) is 11.4. The van der Waals surface area contributed by atoms with E-state index in [0.717, 1.165) is 24.5 Å². The first-order valence-electron chi connectivity index (χ1n) is 8.28. The average Bonchev–Trinajstić information content (AvgIpc) is 2.55. The van der Waals surface area contributed by atoms with Crippen LogP contribution < -0.4 is 15.4 Å². The van der Waals surface area contributed by atoms with Gasteiger partial charge in [-0.25, -0.2) is 0 Å². The Balaban J connectivity index is 0.00000576. The maximum absolute atomic E-state index is 11.6. The summed E-state index contributed by atoms with van der Waals surface area (Å²) in [7, 11) is 5.19. The summed E-state index contributed by atoms with van der Waals surface area (Å²) in [5.74, 6) is 2.07. The molecule has 0 saturated heterocycles. The lowest BCUT2D eigenvalue weighted by molar-refractivity contribution is -0.130. The molecule has 0 atom stereocenters.